The monoisotopic (exact) mass is 606 g/mol. The molecule has 206 valence electrons. The van der Waals surface area contributed by atoms with Crippen molar-refractivity contribution in [3.63, 3.8) is 0 Å². The van der Waals surface area contributed by atoms with Gasteiger partial charge in [0.25, 0.3) is 5.91 Å². The summed E-state index contributed by atoms with van der Waals surface area (Å²) < 4.78 is 0.981. The van der Waals surface area contributed by atoms with Crippen molar-refractivity contribution in [1.82, 2.24) is 25.5 Å². The van der Waals surface area contributed by atoms with Crippen LogP contribution in [0.5, 0.6) is 0 Å². The molecule has 6 rings (SSSR count). The summed E-state index contributed by atoms with van der Waals surface area (Å²) in [5.41, 5.74) is 12.7. The Bertz CT molecular complexity index is 1780. The molecule has 0 aliphatic carbocycles. The maximum atomic E-state index is 13.7. The number of halogens is 1. The van der Waals surface area contributed by atoms with E-state index in [-0.39, 0.29) is 5.91 Å². The molecule has 0 saturated carbocycles. The van der Waals surface area contributed by atoms with Crippen LogP contribution in [0.3, 0.4) is 0 Å². The molecule has 0 bridgehead atoms. The van der Waals surface area contributed by atoms with Gasteiger partial charge in [-0.1, -0.05) is 52.0 Å². The number of pyridine rings is 1. The summed E-state index contributed by atoms with van der Waals surface area (Å²) in [6.07, 6.45) is 1.95. The van der Waals surface area contributed by atoms with Gasteiger partial charge >= 0.3 is 0 Å². The second-order valence-corrected chi connectivity index (χ2v) is 11.1. The van der Waals surface area contributed by atoms with Gasteiger partial charge in [-0.25, -0.2) is 4.98 Å². The lowest BCUT2D eigenvalue weighted by Crippen LogP contribution is -2.43. The van der Waals surface area contributed by atoms with E-state index in [0.29, 0.717) is 18.7 Å². The van der Waals surface area contributed by atoms with Gasteiger partial charge < -0.3 is 21.4 Å². The zero-order valence-electron chi connectivity index (χ0n) is 22.6. The van der Waals surface area contributed by atoms with E-state index in [1.54, 1.807) is 0 Å². The molecule has 0 radical (unpaired) electrons. The molecule has 7 nitrogen and oxygen atoms in total. The number of aromatic amines is 1. The van der Waals surface area contributed by atoms with Gasteiger partial charge in [0.2, 0.25) is 0 Å². The lowest BCUT2D eigenvalue weighted by molar-refractivity contribution is 0.0952. The third-order valence-corrected chi connectivity index (χ3v) is 7.92. The Labute approximate surface area is 247 Å². The quantitative estimate of drug-likeness (QED) is 0.208. The van der Waals surface area contributed by atoms with Gasteiger partial charge in [0, 0.05) is 77.4 Å². The highest BCUT2D eigenvalue weighted by molar-refractivity contribution is 9.10. The highest BCUT2D eigenvalue weighted by Gasteiger charge is 2.17. The first kappa shape index (κ1) is 27.2. The number of piperazine rings is 1. The van der Waals surface area contributed by atoms with Crippen molar-refractivity contribution in [3.05, 3.63) is 99.7 Å². The Morgan fingerprint density at radius 3 is 2.61 bits per heavy atom. The number of rotatable bonds is 6. The lowest BCUT2D eigenvalue weighted by Gasteiger charge is -2.24. The van der Waals surface area contributed by atoms with Crippen molar-refractivity contribution in [2.24, 2.45) is 5.73 Å². The van der Waals surface area contributed by atoms with Crippen molar-refractivity contribution in [2.75, 3.05) is 32.7 Å². The summed E-state index contributed by atoms with van der Waals surface area (Å²) in [6, 6.07) is 21.9. The molecular formula is C33H31BrN6O. The standard InChI is InChI=1S/C33H31BrN6O/c34-25-8-10-30-27(17-25)29(21-37-30)32-18-28(33(41)38-20-24-5-3-23(19-35)4-6-24)26-16-22(7-9-31(26)39-32)2-1-13-40-14-11-36-12-15-40/h3-10,16-18,21,36-37H,11-15,19-20,35H2,(H,38,41). The SMILES string of the molecule is NCc1ccc(CNC(=O)c2cc(-c3c[nH]c4ccc(Br)cc34)nc3ccc(C#CCN4CCNCC4)cc23)cc1. The van der Waals surface area contributed by atoms with Crippen LogP contribution in [0.15, 0.2) is 77.4 Å². The normalized spacial score (nSPS) is 13.7. The zero-order valence-corrected chi connectivity index (χ0v) is 24.2. The number of carbonyl (C=O) groups excluding carboxylic acids is 1. The Morgan fingerprint density at radius 2 is 1.80 bits per heavy atom. The first-order valence-corrected chi connectivity index (χ1v) is 14.6. The summed E-state index contributed by atoms with van der Waals surface area (Å²) in [5.74, 6) is 6.45. The van der Waals surface area contributed by atoms with Crippen LogP contribution in [-0.4, -0.2) is 53.5 Å². The fourth-order valence-electron chi connectivity index (χ4n) is 5.13. The zero-order chi connectivity index (χ0) is 28.2. The molecular weight excluding hydrogens is 576 g/mol. The van der Waals surface area contributed by atoms with E-state index in [4.69, 9.17) is 10.7 Å². The predicted molar refractivity (Wildman–Crippen MR) is 168 cm³/mol. The molecule has 1 fully saturated rings. The lowest BCUT2D eigenvalue weighted by atomic mass is 10.0. The maximum Gasteiger partial charge on any atom is 0.252 e. The third kappa shape index (κ3) is 6.19. The van der Waals surface area contributed by atoms with Crippen LogP contribution in [0.2, 0.25) is 0 Å². The number of fused-ring (bicyclic) bond motifs is 2. The molecule has 0 atom stereocenters. The largest absolute Gasteiger partial charge is 0.360 e. The number of aromatic nitrogens is 2. The molecule has 1 aliphatic heterocycles. The number of benzene rings is 3. The Morgan fingerprint density at radius 1 is 1.00 bits per heavy atom. The fourth-order valence-corrected chi connectivity index (χ4v) is 5.49. The number of hydrogen-bond donors (Lipinski definition) is 4. The molecule has 3 aromatic carbocycles. The van der Waals surface area contributed by atoms with Gasteiger partial charge in [-0.05, 0) is 53.6 Å². The van der Waals surface area contributed by atoms with Gasteiger partial charge in [-0.2, -0.15) is 0 Å². The van der Waals surface area contributed by atoms with E-state index < -0.39 is 0 Å². The molecule has 1 amide bonds. The maximum absolute atomic E-state index is 13.7. The number of amides is 1. The summed E-state index contributed by atoms with van der Waals surface area (Å²) in [7, 11) is 0. The average Bonchev–Trinajstić information content (AvgIpc) is 3.43. The number of nitrogens with zero attached hydrogens (tertiary/aromatic N) is 2. The second-order valence-electron chi connectivity index (χ2n) is 10.2. The van der Waals surface area contributed by atoms with Crippen molar-refractivity contribution >= 4 is 43.6 Å². The molecule has 5 N–H and O–H groups in total. The van der Waals surface area contributed by atoms with Crippen LogP contribution in [0.25, 0.3) is 33.1 Å². The average molecular weight is 608 g/mol. The number of H-pyrrole nitrogens is 1. The molecule has 2 aromatic heterocycles. The molecule has 8 heteroatoms. The number of nitrogens with one attached hydrogen (secondary N) is 3. The molecule has 1 saturated heterocycles. The number of nitrogens with two attached hydrogens (primary N) is 1. The highest BCUT2D eigenvalue weighted by Crippen LogP contribution is 2.32. The van der Waals surface area contributed by atoms with Crippen molar-refractivity contribution in [2.45, 2.75) is 13.1 Å². The minimum Gasteiger partial charge on any atom is -0.360 e. The molecule has 3 heterocycles. The van der Waals surface area contributed by atoms with Crippen molar-refractivity contribution in [1.29, 1.82) is 0 Å². The van der Waals surface area contributed by atoms with Crippen LogP contribution >= 0.6 is 15.9 Å². The first-order chi connectivity index (χ1) is 20.1. The third-order valence-electron chi connectivity index (χ3n) is 7.43. The van der Waals surface area contributed by atoms with E-state index in [2.05, 4.69) is 54.4 Å². The van der Waals surface area contributed by atoms with Crippen molar-refractivity contribution < 1.29 is 4.79 Å². The van der Waals surface area contributed by atoms with E-state index in [1.807, 2.05) is 66.9 Å². The van der Waals surface area contributed by atoms with Gasteiger partial charge in [-0.15, -0.1) is 0 Å². The highest BCUT2D eigenvalue weighted by atomic mass is 79.9. The minimum atomic E-state index is -0.159. The minimum absolute atomic E-state index is 0.159. The molecule has 41 heavy (non-hydrogen) atoms. The summed E-state index contributed by atoms with van der Waals surface area (Å²) >= 11 is 3.58. The topological polar surface area (TPSA) is 99.1 Å². The van der Waals surface area contributed by atoms with E-state index >= 15 is 0 Å². The van der Waals surface area contributed by atoms with E-state index in [1.165, 1.54) is 0 Å². The number of carbonyl (C=O) groups is 1. The van der Waals surface area contributed by atoms with Crippen LogP contribution in [0.4, 0.5) is 0 Å². The molecule has 5 aromatic rings. The molecule has 1 aliphatic rings. The Kier molecular flexibility index (Phi) is 8.12. The van der Waals surface area contributed by atoms with Crippen molar-refractivity contribution in [3.8, 4) is 23.1 Å². The summed E-state index contributed by atoms with van der Waals surface area (Å²) in [6.45, 7) is 5.62. The molecule has 0 spiro atoms. The van der Waals surface area contributed by atoms with Crippen LogP contribution in [0.1, 0.15) is 27.0 Å². The van der Waals surface area contributed by atoms with Gasteiger partial charge in [0.15, 0.2) is 0 Å². The van der Waals surface area contributed by atoms with Gasteiger partial charge in [0.1, 0.15) is 0 Å². The van der Waals surface area contributed by atoms with E-state index in [0.717, 1.165) is 87.0 Å². The summed E-state index contributed by atoms with van der Waals surface area (Å²) in [5, 5.41) is 8.29. The van der Waals surface area contributed by atoms with Crippen LogP contribution < -0.4 is 16.4 Å². The second kappa shape index (κ2) is 12.2. The van der Waals surface area contributed by atoms with Gasteiger partial charge in [0.05, 0.1) is 23.3 Å². The Balaban J connectivity index is 1.36. The first-order valence-electron chi connectivity index (χ1n) is 13.8. The van der Waals surface area contributed by atoms with E-state index in [9.17, 15) is 4.79 Å². The Hall–Kier alpha value is -4.00. The smallest absolute Gasteiger partial charge is 0.252 e. The van der Waals surface area contributed by atoms with Crippen LogP contribution in [0, 0.1) is 11.8 Å². The van der Waals surface area contributed by atoms with Gasteiger partial charge in [-0.3, -0.25) is 9.69 Å². The predicted octanol–water partition coefficient (Wildman–Crippen LogP) is 4.79. The van der Waals surface area contributed by atoms with Crippen LogP contribution in [-0.2, 0) is 13.1 Å². The number of hydrogen-bond acceptors (Lipinski definition) is 5. The fraction of sp³-hybridized carbons (Fsp3) is 0.212. The molecule has 0 unspecified atom stereocenters. The summed E-state index contributed by atoms with van der Waals surface area (Å²) in [4.78, 5) is 24.4.